The highest BCUT2D eigenvalue weighted by molar-refractivity contribution is 5.85. The van der Waals surface area contributed by atoms with Gasteiger partial charge in [-0.15, -0.1) is 12.4 Å². The van der Waals surface area contributed by atoms with Gasteiger partial charge in [0.25, 0.3) is 0 Å². The smallest absolute Gasteiger partial charge is 0.223 e. The maximum atomic E-state index is 12.0. The van der Waals surface area contributed by atoms with Gasteiger partial charge in [0.1, 0.15) is 0 Å². The highest BCUT2D eigenvalue weighted by Gasteiger charge is 2.39. The van der Waals surface area contributed by atoms with E-state index in [2.05, 4.69) is 5.32 Å². The average Bonchev–Trinajstić information content (AvgIpc) is 3.01. The molecule has 104 valence electrons. The number of hydrogen-bond donors (Lipinski definition) is 2. The first kappa shape index (κ1) is 14.1. The Morgan fingerprint density at radius 1 is 1.11 bits per heavy atom. The zero-order valence-corrected chi connectivity index (χ0v) is 11.8. The minimum Gasteiger partial charge on any atom is -0.356 e. The maximum Gasteiger partial charge on any atom is 0.223 e. The van der Waals surface area contributed by atoms with Gasteiger partial charge in [0.15, 0.2) is 0 Å². The van der Waals surface area contributed by atoms with E-state index in [-0.39, 0.29) is 30.3 Å². The minimum absolute atomic E-state index is 0. The molecular formula is C14H25ClN2O. The van der Waals surface area contributed by atoms with Crippen LogP contribution in [-0.2, 0) is 4.79 Å². The fourth-order valence-electron chi connectivity index (χ4n) is 4.26. The highest BCUT2D eigenvalue weighted by atomic mass is 35.5. The number of halogens is 1. The molecule has 3 nitrogen and oxygen atoms in total. The second-order valence-electron chi connectivity index (χ2n) is 6.45. The van der Waals surface area contributed by atoms with E-state index in [0.717, 1.165) is 43.6 Å². The summed E-state index contributed by atoms with van der Waals surface area (Å²) in [6.45, 7) is 0.922. The van der Waals surface area contributed by atoms with Gasteiger partial charge in [-0.3, -0.25) is 4.79 Å². The van der Waals surface area contributed by atoms with Crippen molar-refractivity contribution in [1.29, 1.82) is 0 Å². The van der Waals surface area contributed by atoms with Crippen LogP contribution in [0.2, 0.25) is 0 Å². The lowest BCUT2D eigenvalue weighted by molar-refractivity contribution is -0.125. The Balaban J connectivity index is 0.00000120. The molecular weight excluding hydrogens is 248 g/mol. The number of nitrogens with one attached hydrogen (secondary N) is 1. The number of fused-ring (bicyclic) bond motifs is 2. The van der Waals surface area contributed by atoms with Crippen LogP contribution in [0.1, 0.15) is 44.9 Å². The predicted molar refractivity (Wildman–Crippen MR) is 74.5 cm³/mol. The van der Waals surface area contributed by atoms with Gasteiger partial charge in [-0.2, -0.15) is 0 Å². The summed E-state index contributed by atoms with van der Waals surface area (Å²) in [5.74, 6) is 3.12. The second kappa shape index (κ2) is 5.79. The molecule has 0 aromatic rings. The van der Waals surface area contributed by atoms with Crippen LogP contribution < -0.4 is 11.1 Å². The van der Waals surface area contributed by atoms with Crippen molar-refractivity contribution in [3.05, 3.63) is 0 Å². The SMILES string of the molecule is Cl.NC1CCC(C(=O)NCC2CC3CCC2C3)C1. The fraction of sp³-hybridized carbons (Fsp3) is 0.929. The lowest BCUT2D eigenvalue weighted by Gasteiger charge is -2.22. The van der Waals surface area contributed by atoms with E-state index < -0.39 is 0 Å². The molecule has 0 aromatic carbocycles. The second-order valence-corrected chi connectivity index (χ2v) is 6.45. The predicted octanol–water partition coefficient (Wildman–Crippen LogP) is 2.09. The molecule has 3 fully saturated rings. The first-order chi connectivity index (χ1) is 8.22. The molecule has 0 radical (unpaired) electrons. The zero-order chi connectivity index (χ0) is 11.8. The van der Waals surface area contributed by atoms with Crippen LogP contribution >= 0.6 is 12.4 Å². The molecule has 3 aliphatic rings. The summed E-state index contributed by atoms with van der Waals surface area (Å²) in [5, 5.41) is 3.18. The summed E-state index contributed by atoms with van der Waals surface area (Å²) >= 11 is 0. The largest absolute Gasteiger partial charge is 0.356 e. The van der Waals surface area contributed by atoms with E-state index >= 15 is 0 Å². The summed E-state index contributed by atoms with van der Waals surface area (Å²) in [4.78, 5) is 12.0. The molecule has 3 saturated carbocycles. The molecule has 5 unspecified atom stereocenters. The molecule has 0 spiro atoms. The van der Waals surface area contributed by atoms with Gasteiger partial charge in [-0.05, 0) is 56.3 Å². The third-order valence-electron chi connectivity index (χ3n) is 5.27. The number of amides is 1. The highest BCUT2D eigenvalue weighted by Crippen LogP contribution is 2.47. The van der Waals surface area contributed by atoms with E-state index in [9.17, 15) is 4.79 Å². The molecule has 0 aliphatic heterocycles. The monoisotopic (exact) mass is 272 g/mol. The molecule has 3 aliphatic carbocycles. The molecule has 4 heteroatoms. The summed E-state index contributed by atoms with van der Waals surface area (Å²) < 4.78 is 0. The van der Waals surface area contributed by atoms with Crippen molar-refractivity contribution >= 4 is 18.3 Å². The van der Waals surface area contributed by atoms with Gasteiger partial charge in [0, 0.05) is 18.5 Å². The van der Waals surface area contributed by atoms with E-state index in [0.29, 0.717) is 0 Å². The Morgan fingerprint density at radius 3 is 2.50 bits per heavy atom. The normalized spacial score (nSPS) is 41.7. The summed E-state index contributed by atoms with van der Waals surface area (Å²) in [7, 11) is 0. The van der Waals surface area contributed by atoms with Gasteiger partial charge in [-0.1, -0.05) is 6.42 Å². The quantitative estimate of drug-likeness (QED) is 0.827. The standard InChI is InChI=1S/C14H24N2O.ClH/c15-13-4-3-11(7-13)14(17)16-8-12-6-9-1-2-10(12)5-9;/h9-13H,1-8,15H2,(H,16,17);1H. The van der Waals surface area contributed by atoms with Crippen molar-refractivity contribution in [2.24, 2.45) is 29.4 Å². The number of carbonyl (C=O) groups excluding carboxylic acids is 1. The maximum absolute atomic E-state index is 12.0. The molecule has 0 saturated heterocycles. The molecule has 2 bridgehead atoms. The number of rotatable bonds is 3. The van der Waals surface area contributed by atoms with Gasteiger partial charge in [0.05, 0.1) is 0 Å². The van der Waals surface area contributed by atoms with Crippen molar-refractivity contribution in [3.63, 3.8) is 0 Å². The zero-order valence-electron chi connectivity index (χ0n) is 10.9. The van der Waals surface area contributed by atoms with Crippen molar-refractivity contribution in [2.45, 2.75) is 51.0 Å². The third-order valence-corrected chi connectivity index (χ3v) is 5.27. The Kier molecular flexibility index (Phi) is 4.54. The van der Waals surface area contributed by atoms with Crippen LogP contribution in [0.5, 0.6) is 0 Å². The molecule has 3 N–H and O–H groups in total. The van der Waals surface area contributed by atoms with Crippen LogP contribution in [0.4, 0.5) is 0 Å². The number of hydrogen-bond acceptors (Lipinski definition) is 2. The van der Waals surface area contributed by atoms with Crippen LogP contribution in [0, 0.1) is 23.7 Å². The van der Waals surface area contributed by atoms with E-state index in [1.165, 1.54) is 25.7 Å². The number of nitrogens with two attached hydrogens (primary N) is 1. The molecule has 0 aromatic heterocycles. The van der Waals surface area contributed by atoms with E-state index in [1.807, 2.05) is 0 Å². The third kappa shape index (κ3) is 2.83. The van der Waals surface area contributed by atoms with Crippen LogP contribution in [0.25, 0.3) is 0 Å². The topological polar surface area (TPSA) is 55.1 Å². The molecule has 18 heavy (non-hydrogen) atoms. The summed E-state index contributed by atoms with van der Waals surface area (Å²) in [5.41, 5.74) is 5.85. The Bertz CT molecular complexity index is 310. The first-order valence-corrected chi connectivity index (χ1v) is 7.25. The van der Waals surface area contributed by atoms with Crippen LogP contribution in [0.3, 0.4) is 0 Å². The summed E-state index contributed by atoms with van der Waals surface area (Å²) in [6, 6.07) is 0.258. The van der Waals surface area contributed by atoms with Crippen molar-refractivity contribution in [2.75, 3.05) is 6.54 Å². The Labute approximate surface area is 116 Å². The fourth-order valence-corrected chi connectivity index (χ4v) is 4.26. The van der Waals surface area contributed by atoms with Crippen molar-refractivity contribution in [3.8, 4) is 0 Å². The number of carbonyl (C=O) groups is 1. The first-order valence-electron chi connectivity index (χ1n) is 7.25. The lowest BCUT2D eigenvalue weighted by Crippen LogP contribution is -2.35. The summed E-state index contributed by atoms with van der Waals surface area (Å²) in [6.07, 6.45) is 8.52. The molecule has 0 heterocycles. The molecule has 3 rings (SSSR count). The van der Waals surface area contributed by atoms with Crippen molar-refractivity contribution in [1.82, 2.24) is 5.32 Å². The van der Waals surface area contributed by atoms with Gasteiger partial charge in [0.2, 0.25) is 5.91 Å². The van der Waals surface area contributed by atoms with Crippen molar-refractivity contribution < 1.29 is 4.79 Å². The van der Waals surface area contributed by atoms with Crippen LogP contribution in [-0.4, -0.2) is 18.5 Å². The van der Waals surface area contributed by atoms with E-state index in [1.54, 1.807) is 0 Å². The lowest BCUT2D eigenvalue weighted by atomic mass is 9.88. The average molecular weight is 273 g/mol. The van der Waals surface area contributed by atoms with Gasteiger partial charge < -0.3 is 11.1 Å². The van der Waals surface area contributed by atoms with Gasteiger partial charge in [-0.25, -0.2) is 0 Å². The molecule has 1 amide bonds. The Morgan fingerprint density at radius 2 is 1.94 bits per heavy atom. The van der Waals surface area contributed by atoms with Crippen LogP contribution in [0.15, 0.2) is 0 Å². The molecule has 5 atom stereocenters. The van der Waals surface area contributed by atoms with Gasteiger partial charge >= 0.3 is 0 Å². The Hall–Kier alpha value is -0.280. The minimum atomic E-state index is 0. The van der Waals surface area contributed by atoms with E-state index in [4.69, 9.17) is 5.73 Å².